The standard InChI is InChI=1S/C26H26N4O4/c1-33-19-8-9-22-21(14-19)20(10-12-28-22)24-16-30(26(32)34-24)13-3-11-27-15-18-7-6-17-4-2-5-23(31)25(17)29-18/h2,4-10,12,14,24,27,31H,3,11,13,15-16H2,1H3. The molecule has 0 bridgehead atoms. The van der Waals surface area contributed by atoms with E-state index in [4.69, 9.17) is 9.47 Å². The van der Waals surface area contributed by atoms with Crippen LogP contribution in [-0.4, -0.2) is 52.8 Å². The molecule has 5 rings (SSSR count). The summed E-state index contributed by atoms with van der Waals surface area (Å²) >= 11 is 0. The molecule has 8 heteroatoms. The van der Waals surface area contributed by atoms with Gasteiger partial charge in [0, 0.05) is 35.6 Å². The molecule has 1 aliphatic rings. The fourth-order valence-corrected chi connectivity index (χ4v) is 4.29. The summed E-state index contributed by atoms with van der Waals surface area (Å²) in [5.41, 5.74) is 3.24. The van der Waals surface area contributed by atoms with Gasteiger partial charge in [0.05, 0.1) is 24.9 Å². The second kappa shape index (κ2) is 9.52. The number of nitrogens with zero attached hydrogens (tertiary/aromatic N) is 3. The van der Waals surface area contributed by atoms with Crippen molar-refractivity contribution in [1.82, 2.24) is 20.2 Å². The molecule has 0 aliphatic carbocycles. The van der Waals surface area contributed by atoms with E-state index in [-0.39, 0.29) is 17.9 Å². The zero-order chi connectivity index (χ0) is 23.5. The fraction of sp³-hybridized carbons (Fsp3) is 0.269. The quantitative estimate of drug-likeness (QED) is 0.383. The highest BCUT2D eigenvalue weighted by molar-refractivity contribution is 5.85. The lowest BCUT2D eigenvalue weighted by Crippen LogP contribution is -2.28. The average molecular weight is 459 g/mol. The van der Waals surface area contributed by atoms with Gasteiger partial charge in [0.1, 0.15) is 23.1 Å². The third-order valence-electron chi connectivity index (χ3n) is 6.06. The third-order valence-corrected chi connectivity index (χ3v) is 6.06. The number of fused-ring (bicyclic) bond motifs is 2. The molecule has 0 saturated carbocycles. The van der Waals surface area contributed by atoms with Gasteiger partial charge >= 0.3 is 6.09 Å². The zero-order valence-electron chi connectivity index (χ0n) is 18.9. The van der Waals surface area contributed by atoms with E-state index in [1.54, 1.807) is 30.3 Å². The Morgan fingerprint density at radius 2 is 2.12 bits per heavy atom. The lowest BCUT2D eigenvalue weighted by Gasteiger charge is -2.14. The number of nitrogens with one attached hydrogen (secondary N) is 1. The molecule has 2 aromatic carbocycles. The molecule has 2 N–H and O–H groups in total. The van der Waals surface area contributed by atoms with Crippen LogP contribution in [0.15, 0.2) is 60.8 Å². The van der Waals surface area contributed by atoms with Gasteiger partial charge in [-0.15, -0.1) is 0 Å². The number of carbonyl (C=O) groups excluding carboxylic acids is 1. The molecule has 1 atom stereocenters. The first-order valence-electron chi connectivity index (χ1n) is 11.3. The highest BCUT2D eigenvalue weighted by Gasteiger charge is 2.32. The molecule has 0 spiro atoms. The summed E-state index contributed by atoms with van der Waals surface area (Å²) in [6.45, 7) is 2.41. The number of hydrogen-bond acceptors (Lipinski definition) is 7. The first-order chi connectivity index (χ1) is 16.6. The lowest BCUT2D eigenvalue weighted by molar-refractivity contribution is 0.133. The number of phenols is 1. The number of ether oxygens (including phenoxy) is 2. The van der Waals surface area contributed by atoms with Gasteiger partial charge in [-0.05, 0) is 49.4 Å². The summed E-state index contributed by atoms with van der Waals surface area (Å²) in [4.78, 5) is 23.1. The van der Waals surface area contributed by atoms with Crippen molar-refractivity contribution in [2.75, 3.05) is 26.7 Å². The summed E-state index contributed by atoms with van der Waals surface area (Å²) in [5, 5.41) is 15.2. The van der Waals surface area contributed by atoms with Gasteiger partial charge in [-0.3, -0.25) is 4.98 Å². The van der Waals surface area contributed by atoms with Crippen molar-refractivity contribution in [3.63, 3.8) is 0 Å². The number of carbonyl (C=O) groups is 1. The van der Waals surface area contributed by atoms with E-state index in [0.717, 1.165) is 46.3 Å². The van der Waals surface area contributed by atoms with E-state index in [9.17, 15) is 9.90 Å². The highest BCUT2D eigenvalue weighted by Crippen LogP contribution is 2.32. The Morgan fingerprint density at radius 3 is 3.00 bits per heavy atom. The molecule has 0 radical (unpaired) electrons. The van der Waals surface area contributed by atoms with E-state index in [0.29, 0.717) is 25.2 Å². The Balaban J connectivity index is 1.15. The molecule has 34 heavy (non-hydrogen) atoms. The van der Waals surface area contributed by atoms with Crippen molar-refractivity contribution in [2.45, 2.75) is 19.1 Å². The number of pyridine rings is 2. The van der Waals surface area contributed by atoms with Crippen LogP contribution in [0, 0.1) is 0 Å². The van der Waals surface area contributed by atoms with Crippen molar-refractivity contribution >= 4 is 27.9 Å². The molecular weight excluding hydrogens is 432 g/mol. The maximum atomic E-state index is 12.5. The van der Waals surface area contributed by atoms with Crippen LogP contribution in [0.2, 0.25) is 0 Å². The molecule has 1 aliphatic heterocycles. The Labute approximate surface area is 197 Å². The predicted octanol–water partition coefficient (Wildman–Crippen LogP) is 4.17. The monoisotopic (exact) mass is 458 g/mol. The Morgan fingerprint density at radius 1 is 1.21 bits per heavy atom. The van der Waals surface area contributed by atoms with Gasteiger partial charge in [-0.1, -0.05) is 18.2 Å². The minimum absolute atomic E-state index is 0.182. The van der Waals surface area contributed by atoms with Gasteiger partial charge < -0.3 is 24.8 Å². The van der Waals surface area contributed by atoms with E-state index < -0.39 is 0 Å². The maximum absolute atomic E-state index is 12.5. The topological polar surface area (TPSA) is 96.8 Å². The van der Waals surface area contributed by atoms with Gasteiger partial charge in [-0.2, -0.15) is 0 Å². The summed E-state index contributed by atoms with van der Waals surface area (Å²) in [6, 6.07) is 16.9. The number of para-hydroxylation sites is 1. The smallest absolute Gasteiger partial charge is 0.410 e. The number of cyclic esters (lactones) is 1. The summed E-state index contributed by atoms with van der Waals surface area (Å²) in [7, 11) is 1.63. The molecule has 1 saturated heterocycles. The minimum atomic E-state index is -0.340. The minimum Gasteiger partial charge on any atom is -0.506 e. The highest BCUT2D eigenvalue weighted by atomic mass is 16.6. The molecular formula is C26H26N4O4. The number of aromatic nitrogens is 2. The van der Waals surface area contributed by atoms with Crippen LogP contribution < -0.4 is 10.1 Å². The molecule has 8 nitrogen and oxygen atoms in total. The zero-order valence-corrected chi connectivity index (χ0v) is 18.9. The van der Waals surface area contributed by atoms with Crippen molar-refractivity contribution in [3.8, 4) is 11.5 Å². The van der Waals surface area contributed by atoms with Crippen molar-refractivity contribution in [3.05, 3.63) is 72.1 Å². The van der Waals surface area contributed by atoms with Gasteiger partial charge in [-0.25, -0.2) is 9.78 Å². The first-order valence-corrected chi connectivity index (χ1v) is 11.3. The Hall–Kier alpha value is -3.91. The predicted molar refractivity (Wildman–Crippen MR) is 129 cm³/mol. The number of aromatic hydroxyl groups is 1. The number of methoxy groups -OCH3 is 1. The molecule has 1 fully saturated rings. The molecule has 1 amide bonds. The second-order valence-electron chi connectivity index (χ2n) is 8.28. The summed E-state index contributed by atoms with van der Waals surface area (Å²) in [6.07, 6.45) is 1.88. The lowest BCUT2D eigenvalue weighted by atomic mass is 10.0. The number of rotatable bonds is 8. The van der Waals surface area contributed by atoms with Crippen LogP contribution in [0.3, 0.4) is 0 Å². The molecule has 3 heterocycles. The SMILES string of the molecule is COc1ccc2nccc(C3CN(CCCNCc4ccc5cccc(O)c5n4)C(=O)O3)c2c1. The average Bonchev–Trinajstić information content (AvgIpc) is 3.23. The van der Waals surface area contributed by atoms with Crippen LogP contribution in [0.4, 0.5) is 4.79 Å². The van der Waals surface area contributed by atoms with Crippen LogP contribution in [0.25, 0.3) is 21.8 Å². The molecule has 2 aromatic heterocycles. The maximum Gasteiger partial charge on any atom is 0.410 e. The van der Waals surface area contributed by atoms with Gasteiger partial charge in [0.15, 0.2) is 0 Å². The largest absolute Gasteiger partial charge is 0.506 e. The fourth-order valence-electron chi connectivity index (χ4n) is 4.29. The number of hydrogen-bond donors (Lipinski definition) is 2. The molecule has 1 unspecified atom stereocenters. The first kappa shape index (κ1) is 21.9. The molecule has 4 aromatic rings. The van der Waals surface area contributed by atoms with Crippen LogP contribution in [0.1, 0.15) is 23.8 Å². The van der Waals surface area contributed by atoms with Gasteiger partial charge in [0.25, 0.3) is 0 Å². The number of phenolic OH excluding ortho intramolecular Hbond substituents is 1. The number of benzene rings is 2. The van der Waals surface area contributed by atoms with Crippen LogP contribution in [-0.2, 0) is 11.3 Å². The molecule has 174 valence electrons. The Kier molecular flexibility index (Phi) is 6.14. The third kappa shape index (κ3) is 4.45. The van der Waals surface area contributed by atoms with Crippen LogP contribution in [0.5, 0.6) is 11.5 Å². The Bertz CT molecular complexity index is 1340. The van der Waals surface area contributed by atoms with E-state index in [1.807, 2.05) is 42.5 Å². The van der Waals surface area contributed by atoms with Crippen molar-refractivity contribution < 1.29 is 19.4 Å². The summed E-state index contributed by atoms with van der Waals surface area (Å²) in [5.74, 6) is 0.923. The van der Waals surface area contributed by atoms with E-state index in [1.165, 1.54) is 0 Å². The van der Waals surface area contributed by atoms with Crippen molar-refractivity contribution in [2.24, 2.45) is 0 Å². The van der Waals surface area contributed by atoms with E-state index >= 15 is 0 Å². The van der Waals surface area contributed by atoms with E-state index in [2.05, 4.69) is 15.3 Å². The second-order valence-corrected chi connectivity index (χ2v) is 8.28. The number of amides is 1. The van der Waals surface area contributed by atoms with Gasteiger partial charge in [0.2, 0.25) is 0 Å². The normalized spacial score (nSPS) is 15.7. The van der Waals surface area contributed by atoms with Crippen LogP contribution >= 0.6 is 0 Å². The van der Waals surface area contributed by atoms with Crippen molar-refractivity contribution in [1.29, 1.82) is 0 Å². The summed E-state index contributed by atoms with van der Waals surface area (Å²) < 4.78 is 11.0.